The second-order valence-electron chi connectivity index (χ2n) is 7.90. The van der Waals surface area contributed by atoms with Crippen molar-refractivity contribution in [2.24, 2.45) is 0 Å². The minimum Gasteiger partial charge on any atom is -0.503 e. The highest BCUT2D eigenvalue weighted by Crippen LogP contribution is 2.44. The minimum atomic E-state index is -1.04. The maximum atomic E-state index is 13.7. The minimum absolute atomic E-state index is 0.0210. The Morgan fingerprint density at radius 1 is 1.14 bits per heavy atom. The highest BCUT2D eigenvalue weighted by atomic mass is 35.5. The fourth-order valence-corrected chi connectivity index (χ4v) is 5.72. The molecule has 1 N–H and O–H groups in total. The van der Waals surface area contributed by atoms with Crippen molar-refractivity contribution in [3.63, 3.8) is 0 Å². The molecule has 11 heteroatoms. The summed E-state index contributed by atoms with van der Waals surface area (Å²) in [5.74, 6) is -1.56. The van der Waals surface area contributed by atoms with Crippen LogP contribution in [0, 0.1) is 12.7 Å². The molecule has 182 valence electrons. The molecule has 0 radical (unpaired) electrons. The summed E-state index contributed by atoms with van der Waals surface area (Å²) in [5, 5.41) is 20.0. The first-order valence-electron chi connectivity index (χ1n) is 10.7. The average molecular weight is 542 g/mol. The van der Waals surface area contributed by atoms with E-state index in [2.05, 4.69) is 10.2 Å². The number of hydrogen-bond acceptors (Lipinski definition) is 8. The Balaban J connectivity index is 1.48. The molecule has 36 heavy (non-hydrogen) atoms. The number of ketones is 1. The van der Waals surface area contributed by atoms with Crippen molar-refractivity contribution < 1.29 is 23.5 Å². The monoisotopic (exact) mass is 541 g/mol. The Labute approximate surface area is 218 Å². The summed E-state index contributed by atoms with van der Waals surface area (Å²) in [6.45, 7) is 1.68. The molecule has 1 atom stereocenters. The number of carbonyl (C=O) groups is 2. The zero-order valence-corrected chi connectivity index (χ0v) is 21.0. The molecular weight excluding hydrogens is 525 g/mol. The van der Waals surface area contributed by atoms with Gasteiger partial charge in [-0.15, -0.1) is 10.2 Å². The number of amides is 1. The van der Waals surface area contributed by atoms with Gasteiger partial charge in [0.05, 0.1) is 11.6 Å². The van der Waals surface area contributed by atoms with E-state index in [1.54, 1.807) is 25.1 Å². The number of aryl methyl sites for hydroxylation is 1. The predicted molar refractivity (Wildman–Crippen MR) is 135 cm³/mol. The third-order valence-electron chi connectivity index (χ3n) is 5.48. The first-order chi connectivity index (χ1) is 17.3. The fraction of sp³-hybridized carbons (Fsp3) is 0.120. The number of thioether (sulfide) groups is 1. The van der Waals surface area contributed by atoms with Crippen LogP contribution in [0.15, 0.2) is 80.8 Å². The number of halogens is 2. The second-order valence-corrected chi connectivity index (χ2v) is 10.5. The smallest absolute Gasteiger partial charge is 0.296 e. The highest BCUT2D eigenvalue weighted by molar-refractivity contribution is 8.00. The normalized spacial score (nSPS) is 15.7. The molecule has 1 unspecified atom stereocenters. The van der Waals surface area contributed by atoms with Crippen LogP contribution in [0.1, 0.15) is 33.5 Å². The summed E-state index contributed by atoms with van der Waals surface area (Å²) in [5.41, 5.74) is 1.28. The lowest BCUT2D eigenvalue weighted by Gasteiger charge is -2.23. The van der Waals surface area contributed by atoms with Gasteiger partial charge in [-0.25, -0.2) is 4.39 Å². The van der Waals surface area contributed by atoms with Gasteiger partial charge in [0.15, 0.2) is 15.9 Å². The van der Waals surface area contributed by atoms with E-state index in [1.165, 1.54) is 47.0 Å². The van der Waals surface area contributed by atoms with Crippen LogP contribution in [0.5, 0.6) is 0 Å². The third-order valence-corrected chi connectivity index (χ3v) is 7.86. The van der Waals surface area contributed by atoms with Gasteiger partial charge in [0.2, 0.25) is 10.9 Å². The molecular formula is C25H17ClFN3O4S2. The molecule has 0 bridgehead atoms. The van der Waals surface area contributed by atoms with Crippen LogP contribution in [0.3, 0.4) is 0 Å². The fourth-order valence-electron chi connectivity index (χ4n) is 3.77. The highest BCUT2D eigenvalue weighted by Gasteiger charge is 2.46. The summed E-state index contributed by atoms with van der Waals surface area (Å²) in [6, 6.07) is 14.8. The van der Waals surface area contributed by atoms with Crippen LogP contribution in [0.2, 0.25) is 5.02 Å². The Hall–Kier alpha value is -3.47. The van der Waals surface area contributed by atoms with E-state index in [0.29, 0.717) is 26.4 Å². The number of anilines is 1. The number of Topliss-reactive ketones (excluding diaryl/α,β-unsaturated/α-hetero) is 1. The van der Waals surface area contributed by atoms with Gasteiger partial charge in [-0.3, -0.25) is 14.5 Å². The zero-order valence-electron chi connectivity index (χ0n) is 18.6. The zero-order chi connectivity index (χ0) is 25.4. The van der Waals surface area contributed by atoms with Crippen LogP contribution >= 0.6 is 34.7 Å². The van der Waals surface area contributed by atoms with Gasteiger partial charge in [-0.05, 0) is 54.4 Å². The number of aliphatic hydroxyl groups is 1. The van der Waals surface area contributed by atoms with E-state index in [4.69, 9.17) is 16.0 Å². The number of nitrogens with zero attached hydrogens (tertiary/aromatic N) is 3. The molecule has 1 amide bonds. The molecule has 0 aliphatic carbocycles. The summed E-state index contributed by atoms with van der Waals surface area (Å²) < 4.78 is 19.7. The summed E-state index contributed by atoms with van der Waals surface area (Å²) in [4.78, 5) is 27.7. The molecule has 5 rings (SSSR count). The van der Waals surface area contributed by atoms with E-state index in [0.717, 1.165) is 16.9 Å². The van der Waals surface area contributed by atoms with Crippen LogP contribution in [0.25, 0.3) is 0 Å². The summed E-state index contributed by atoms with van der Waals surface area (Å²) in [7, 11) is 0. The number of aliphatic hydroxyl groups excluding tert-OH is 1. The number of furan rings is 1. The third kappa shape index (κ3) is 4.67. The number of carbonyl (C=O) groups excluding carboxylic acids is 2. The largest absolute Gasteiger partial charge is 0.503 e. The van der Waals surface area contributed by atoms with Crippen molar-refractivity contribution >= 4 is 51.5 Å². The van der Waals surface area contributed by atoms with Crippen molar-refractivity contribution in [2.75, 3.05) is 4.90 Å². The van der Waals surface area contributed by atoms with Crippen molar-refractivity contribution in [1.82, 2.24) is 10.2 Å². The first-order valence-corrected chi connectivity index (χ1v) is 12.8. The molecule has 1 aliphatic rings. The summed E-state index contributed by atoms with van der Waals surface area (Å²) in [6.07, 6.45) is 0. The lowest BCUT2D eigenvalue weighted by Crippen LogP contribution is -2.31. The van der Waals surface area contributed by atoms with Gasteiger partial charge in [0, 0.05) is 10.8 Å². The van der Waals surface area contributed by atoms with Crippen molar-refractivity contribution in [3.8, 4) is 0 Å². The molecule has 7 nitrogen and oxygen atoms in total. The molecule has 0 fully saturated rings. The van der Waals surface area contributed by atoms with Crippen molar-refractivity contribution in [3.05, 3.63) is 105 Å². The molecule has 1 aliphatic heterocycles. The van der Waals surface area contributed by atoms with Crippen LogP contribution in [0.4, 0.5) is 9.52 Å². The lowest BCUT2D eigenvalue weighted by atomic mass is 9.95. The topological polar surface area (TPSA) is 96.5 Å². The van der Waals surface area contributed by atoms with E-state index < -0.39 is 29.3 Å². The van der Waals surface area contributed by atoms with E-state index in [9.17, 15) is 19.1 Å². The van der Waals surface area contributed by atoms with Gasteiger partial charge in [0.25, 0.3) is 5.91 Å². The Morgan fingerprint density at radius 3 is 2.53 bits per heavy atom. The molecule has 0 spiro atoms. The molecule has 4 aromatic rings. The SMILES string of the molecule is Cc1ccc(C(=O)C2=C(O)C(=O)N(c3nnc(SCc4ccc(Cl)cc4)s3)C2c2ccc(F)cc2)o1. The number of benzene rings is 2. The quantitative estimate of drug-likeness (QED) is 0.166. The van der Waals surface area contributed by atoms with E-state index in [1.807, 2.05) is 12.1 Å². The average Bonchev–Trinajstić information content (AvgIpc) is 3.58. The van der Waals surface area contributed by atoms with Crippen LogP contribution in [-0.2, 0) is 10.5 Å². The van der Waals surface area contributed by atoms with Crippen LogP contribution in [-0.4, -0.2) is 27.0 Å². The first kappa shape index (κ1) is 24.2. The molecule has 2 aromatic carbocycles. The van der Waals surface area contributed by atoms with Crippen molar-refractivity contribution in [2.45, 2.75) is 23.1 Å². The van der Waals surface area contributed by atoms with Crippen molar-refractivity contribution in [1.29, 1.82) is 0 Å². The standard InChI is InChI=1S/C25H17ClFN3O4S2/c1-13-2-11-18(34-13)21(31)19-20(15-5-9-17(27)10-6-15)30(23(33)22(19)32)24-28-29-25(36-24)35-12-14-3-7-16(26)8-4-14/h2-11,20,32H,12H2,1H3. The predicted octanol–water partition coefficient (Wildman–Crippen LogP) is 6.31. The molecule has 2 aromatic heterocycles. The second kappa shape index (κ2) is 9.88. The van der Waals surface area contributed by atoms with E-state index >= 15 is 0 Å². The Bertz CT molecular complexity index is 1480. The molecule has 0 saturated carbocycles. The number of hydrogen-bond donors (Lipinski definition) is 1. The number of rotatable bonds is 7. The maximum absolute atomic E-state index is 13.7. The maximum Gasteiger partial charge on any atom is 0.296 e. The van der Waals surface area contributed by atoms with E-state index in [-0.39, 0.29) is 16.5 Å². The van der Waals surface area contributed by atoms with Gasteiger partial charge < -0.3 is 9.52 Å². The van der Waals surface area contributed by atoms with Gasteiger partial charge in [0.1, 0.15) is 11.6 Å². The Morgan fingerprint density at radius 2 is 1.86 bits per heavy atom. The Kier molecular flexibility index (Phi) is 6.65. The van der Waals surface area contributed by atoms with Gasteiger partial charge >= 0.3 is 0 Å². The van der Waals surface area contributed by atoms with Gasteiger partial charge in [-0.2, -0.15) is 0 Å². The lowest BCUT2D eigenvalue weighted by molar-refractivity contribution is -0.117. The summed E-state index contributed by atoms with van der Waals surface area (Å²) >= 11 is 8.51. The van der Waals surface area contributed by atoms with Gasteiger partial charge in [-0.1, -0.05) is 59.0 Å². The molecule has 3 heterocycles. The number of aromatic nitrogens is 2. The molecule has 0 saturated heterocycles. The van der Waals surface area contributed by atoms with Crippen LogP contribution < -0.4 is 4.90 Å².